The van der Waals surface area contributed by atoms with Crippen molar-refractivity contribution in [3.8, 4) is 5.75 Å². The molecule has 4 heteroatoms. The number of hydrogen-bond donors (Lipinski definition) is 1. The van der Waals surface area contributed by atoms with Gasteiger partial charge in [-0.25, -0.2) is 0 Å². The van der Waals surface area contributed by atoms with Crippen LogP contribution >= 0.6 is 0 Å². The summed E-state index contributed by atoms with van der Waals surface area (Å²) < 4.78 is 5.54. The molecule has 154 valence electrons. The average Bonchev–Trinajstić information content (AvgIpc) is 3.45. The summed E-state index contributed by atoms with van der Waals surface area (Å²) >= 11 is 0. The minimum atomic E-state index is 0.110. The third-order valence-corrected chi connectivity index (χ3v) is 6.81. The molecule has 1 N–H and O–H groups in total. The molecule has 29 heavy (non-hydrogen) atoms. The van der Waals surface area contributed by atoms with Gasteiger partial charge < -0.3 is 15.0 Å². The summed E-state index contributed by atoms with van der Waals surface area (Å²) in [6.45, 7) is 4.92. The van der Waals surface area contributed by atoms with Crippen LogP contribution in [0.2, 0.25) is 0 Å². The van der Waals surface area contributed by atoms with Gasteiger partial charge in [0, 0.05) is 18.5 Å². The van der Waals surface area contributed by atoms with E-state index >= 15 is 0 Å². The summed E-state index contributed by atoms with van der Waals surface area (Å²) in [6, 6.07) is 18.6. The minimum Gasteiger partial charge on any atom is -0.496 e. The monoisotopic (exact) mass is 392 g/mol. The molecule has 2 fully saturated rings. The van der Waals surface area contributed by atoms with Gasteiger partial charge >= 0.3 is 0 Å². The predicted octanol–water partition coefficient (Wildman–Crippen LogP) is 4.04. The summed E-state index contributed by atoms with van der Waals surface area (Å²) in [6.07, 6.45) is 4.11. The summed E-state index contributed by atoms with van der Waals surface area (Å²) in [4.78, 5) is 15.8. The highest BCUT2D eigenvalue weighted by Crippen LogP contribution is 2.59. The van der Waals surface area contributed by atoms with Gasteiger partial charge in [-0.1, -0.05) is 48.5 Å². The lowest BCUT2D eigenvalue weighted by Crippen LogP contribution is -2.42. The van der Waals surface area contributed by atoms with Crippen molar-refractivity contribution in [1.82, 2.24) is 10.2 Å². The molecule has 1 spiro atoms. The van der Waals surface area contributed by atoms with Gasteiger partial charge in [0.05, 0.1) is 7.11 Å². The first kappa shape index (κ1) is 20.0. The Bertz CT molecular complexity index is 830. The summed E-state index contributed by atoms with van der Waals surface area (Å²) in [5.74, 6) is 1.42. The van der Waals surface area contributed by atoms with Crippen LogP contribution in [0.1, 0.15) is 37.3 Å². The molecule has 1 saturated heterocycles. The smallest absolute Gasteiger partial charge is 0.226 e. The number of amides is 1. The molecule has 1 saturated carbocycles. The molecule has 4 rings (SSSR count). The summed E-state index contributed by atoms with van der Waals surface area (Å²) in [7, 11) is 1.71. The van der Waals surface area contributed by atoms with Gasteiger partial charge in [0.15, 0.2) is 0 Å². The van der Waals surface area contributed by atoms with Gasteiger partial charge in [-0.05, 0) is 68.3 Å². The van der Waals surface area contributed by atoms with Crippen molar-refractivity contribution < 1.29 is 9.53 Å². The second-order valence-corrected chi connectivity index (χ2v) is 8.69. The van der Waals surface area contributed by atoms with E-state index in [-0.39, 0.29) is 17.4 Å². The molecule has 2 atom stereocenters. The zero-order valence-electron chi connectivity index (χ0n) is 17.6. The van der Waals surface area contributed by atoms with Crippen LogP contribution in [0.5, 0.6) is 5.75 Å². The zero-order valence-corrected chi connectivity index (χ0v) is 17.6. The van der Waals surface area contributed by atoms with Gasteiger partial charge in [0.2, 0.25) is 5.91 Å². The fraction of sp³-hybridized carbons (Fsp3) is 0.480. The molecule has 2 unspecified atom stereocenters. The Morgan fingerprint density at radius 1 is 1.14 bits per heavy atom. The third kappa shape index (κ3) is 4.32. The van der Waals surface area contributed by atoms with Crippen LogP contribution in [0.25, 0.3) is 0 Å². The molecule has 1 heterocycles. The normalized spacial score (nSPS) is 20.8. The molecule has 1 aliphatic carbocycles. The third-order valence-electron chi connectivity index (χ3n) is 6.81. The number of carbonyl (C=O) groups is 1. The van der Waals surface area contributed by atoms with Crippen molar-refractivity contribution in [1.29, 1.82) is 0 Å². The number of benzene rings is 2. The van der Waals surface area contributed by atoms with Gasteiger partial charge in [0.1, 0.15) is 5.75 Å². The number of piperidine rings is 1. The Hall–Kier alpha value is -2.33. The van der Waals surface area contributed by atoms with Crippen molar-refractivity contribution >= 4 is 5.91 Å². The van der Waals surface area contributed by atoms with Crippen LogP contribution in [0.4, 0.5) is 0 Å². The SMILES string of the molecule is COc1ccccc1CC(C)N(Cc1ccccc1)C(=O)C1CC12CCNCC2. The van der Waals surface area contributed by atoms with E-state index in [1.165, 1.54) is 5.56 Å². The average molecular weight is 393 g/mol. The first-order chi connectivity index (χ1) is 14.1. The second kappa shape index (κ2) is 8.58. The van der Waals surface area contributed by atoms with Crippen LogP contribution in [0, 0.1) is 11.3 Å². The van der Waals surface area contributed by atoms with Crippen molar-refractivity contribution in [3.63, 3.8) is 0 Å². The van der Waals surface area contributed by atoms with Crippen molar-refractivity contribution in [3.05, 3.63) is 65.7 Å². The number of hydrogen-bond acceptors (Lipinski definition) is 3. The molecule has 0 aromatic heterocycles. The fourth-order valence-corrected chi connectivity index (χ4v) is 4.91. The van der Waals surface area contributed by atoms with Gasteiger partial charge in [0.25, 0.3) is 0 Å². The number of para-hydroxylation sites is 1. The van der Waals surface area contributed by atoms with E-state index < -0.39 is 0 Å². The lowest BCUT2D eigenvalue weighted by Gasteiger charge is -2.32. The molecular weight excluding hydrogens is 360 g/mol. The summed E-state index contributed by atoms with van der Waals surface area (Å²) in [5, 5.41) is 3.44. The molecule has 1 aliphatic heterocycles. The van der Waals surface area contributed by atoms with Crippen LogP contribution < -0.4 is 10.1 Å². The number of methoxy groups -OCH3 is 1. The number of rotatable bonds is 7. The lowest BCUT2D eigenvalue weighted by molar-refractivity contribution is -0.136. The van der Waals surface area contributed by atoms with Crippen LogP contribution in [-0.4, -0.2) is 37.0 Å². The maximum absolute atomic E-state index is 13.6. The second-order valence-electron chi connectivity index (χ2n) is 8.69. The molecule has 2 aromatic carbocycles. The fourth-order valence-electron chi connectivity index (χ4n) is 4.91. The Balaban J connectivity index is 1.54. The van der Waals surface area contributed by atoms with E-state index in [1.54, 1.807) is 7.11 Å². The molecule has 2 aromatic rings. The van der Waals surface area contributed by atoms with E-state index in [1.807, 2.05) is 36.4 Å². The number of carbonyl (C=O) groups excluding carboxylic acids is 1. The van der Waals surface area contributed by atoms with E-state index in [0.717, 1.165) is 50.1 Å². The molecule has 0 bridgehead atoms. The standard InChI is InChI=1S/C25H32N2O2/c1-19(16-21-10-6-7-11-23(21)29-2)27(18-20-8-4-3-5-9-20)24(28)22-17-25(22)12-14-26-15-13-25/h3-11,19,22,26H,12-18H2,1-2H3. The number of nitrogens with zero attached hydrogens (tertiary/aromatic N) is 1. The van der Waals surface area contributed by atoms with E-state index in [2.05, 4.69) is 35.3 Å². The highest BCUT2D eigenvalue weighted by atomic mass is 16.5. The first-order valence-electron chi connectivity index (χ1n) is 10.8. The Morgan fingerprint density at radius 3 is 2.55 bits per heavy atom. The zero-order chi connectivity index (χ0) is 20.3. The highest BCUT2D eigenvalue weighted by molar-refractivity contribution is 5.83. The number of ether oxygens (including phenoxy) is 1. The molecule has 1 amide bonds. The van der Waals surface area contributed by atoms with Crippen molar-refractivity contribution in [2.45, 2.75) is 45.2 Å². The van der Waals surface area contributed by atoms with Crippen LogP contribution in [0.3, 0.4) is 0 Å². The van der Waals surface area contributed by atoms with Crippen molar-refractivity contribution in [2.75, 3.05) is 20.2 Å². The maximum atomic E-state index is 13.6. The van der Waals surface area contributed by atoms with Crippen molar-refractivity contribution in [2.24, 2.45) is 11.3 Å². The highest BCUT2D eigenvalue weighted by Gasteiger charge is 2.58. The molecule has 4 nitrogen and oxygen atoms in total. The largest absolute Gasteiger partial charge is 0.496 e. The lowest BCUT2D eigenvalue weighted by atomic mass is 9.91. The van der Waals surface area contributed by atoms with Gasteiger partial charge in [-0.2, -0.15) is 0 Å². The van der Waals surface area contributed by atoms with E-state index in [9.17, 15) is 4.79 Å². The summed E-state index contributed by atoms with van der Waals surface area (Å²) in [5.41, 5.74) is 2.59. The van der Waals surface area contributed by atoms with E-state index in [4.69, 9.17) is 4.74 Å². The quantitative estimate of drug-likeness (QED) is 0.773. The topological polar surface area (TPSA) is 41.6 Å². The maximum Gasteiger partial charge on any atom is 0.226 e. The molecular formula is C25H32N2O2. The minimum absolute atomic E-state index is 0.110. The van der Waals surface area contributed by atoms with Gasteiger partial charge in [-0.3, -0.25) is 4.79 Å². The van der Waals surface area contributed by atoms with E-state index in [0.29, 0.717) is 12.5 Å². The van der Waals surface area contributed by atoms with Gasteiger partial charge in [-0.15, -0.1) is 0 Å². The Kier molecular flexibility index (Phi) is 5.91. The Morgan fingerprint density at radius 2 is 1.83 bits per heavy atom. The first-order valence-corrected chi connectivity index (χ1v) is 10.8. The molecule has 0 radical (unpaired) electrons. The number of nitrogens with one attached hydrogen (secondary N) is 1. The van der Waals surface area contributed by atoms with Crippen LogP contribution in [-0.2, 0) is 17.8 Å². The predicted molar refractivity (Wildman–Crippen MR) is 116 cm³/mol. The van der Waals surface area contributed by atoms with Crippen LogP contribution in [0.15, 0.2) is 54.6 Å². The Labute approximate surface area is 174 Å². The molecule has 2 aliphatic rings.